The molecule has 1 heterocycles. The molecule has 5 N–H and O–H groups in total. The summed E-state index contributed by atoms with van der Waals surface area (Å²) in [4.78, 5) is 0. The molecule has 0 atom stereocenters. The van der Waals surface area contributed by atoms with E-state index >= 15 is 0 Å². The molecule has 1 aromatic heterocycles. The lowest BCUT2D eigenvalue weighted by molar-refractivity contribution is 0.881. The van der Waals surface area contributed by atoms with Crippen molar-refractivity contribution in [1.29, 1.82) is 0 Å². The van der Waals surface area contributed by atoms with Crippen molar-refractivity contribution in [2.24, 2.45) is 11.7 Å². The van der Waals surface area contributed by atoms with Crippen molar-refractivity contribution in [2.45, 2.75) is 0 Å². The molecule has 6 heteroatoms. The summed E-state index contributed by atoms with van der Waals surface area (Å²) < 4.78 is 0. The van der Waals surface area contributed by atoms with Gasteiger partial charge in [-0.25, -0.2) is 0 Å². The molecule has 0 saturated heterocycles. The summed E-state index contributed by atoms with van der Waals surface area (Å²) in [6.45, 7) is 0. The van der Waals surface area contributed by atoms with E-state index in [1.807, 2.05) is 0 Å². The molecule has 0 fully saturated rings. The molecule has 6 nitrogen and oxygen atoms in total. The Morgan fingerprint density at radius 2 is 2.14 bits per heavy atom. The molecule has 0 aliphatic heterocycles. The van der Waals surface area contributed by atoms with Crippen LogP contribution < -0.4 is 11.7 Å². The van der Waals surface area contributed by atoms with Crippen LogP contribution in [0.2, 0.25) is 0 Å². The van der Waals surface area contributed by atoms with Gasteiger partial charge in [0, 0.05) is 0 Å². The summed E-state index contributed by atoms with van der Waals surface area (Å²) in [5.41, 5.74) is 0. The van der Waals surface area contributed by atoms with Gasteiger partial charge in [0.2, 0.25) is 0 Å². The number of nitrogens with two attached hydrogens (primary N) is 2. The van der Waals surface area contributed by atoms with Crippen molar-refractivity contribution in [3.63, 3.8) is 0 Å². The maximum Gasteiger partial charge on any atom is 0.161 e. The Morgan fingerprint density at radius 3 is 2.29 bits per heavy atom. The lowest BCUT2D eigenvalue weighted by atomic mass is 11.4. The number of tetrazole rings is 1. The van der Waals surface area contributed by atoms with Gasteiger partial charge in [-0.1, -0.05) is 5.21 Å². The average molecular weight is 102 g/mol. The van der Waals surface area contributed by atoms with Crippen LogP contribution in [0, 0.1) is 0 Å². The Kier molecular flexibility index (Phi) is 4.27. The molecule has 0 aliphatic rings. The van der Waals surface area contributed by atoms with E-state index in [1.165, 1.54) is 6.33 Å². The molecule has 0 aromatic carbocycles. The van der Waals surface area contributed by atoms with Crippen molar-refractivity contribution in [1.82, 2.24) is 20.6 Å². The number of hydrazine groups is 1. The zero-order chi connectivity index (χ0) is 5.54. The van der Waals surface area contributed by atoms with E-state index in [0.29, 0.717) is 0 Å². The lowest BCUT2D eigenvalue weighted by Gasteiger charge is -1.44. The van der Waals surface area contributed by atoms with E-state index in [1.54, 1.807) is 0 Å². The van der Waals surface area contributed by atoms with E-state index in [4.69, 9.17) is 0 Å². The Balaban J connectivity index is 0.000000162. The lowest BCUT2D eigenvalue weighted by Crippen LogP contribution is -2.02. The van der Waals surface area contributed by atoms with Gasteiger partial charge in [0.1, 0.15) is 0 Å². The summed E-state index contributed by atoms with van der Waals surface area (Å²) in [5, 5.41) is 12.2. The predicted octanol–water partition coefficient (Wildman–Crippen LogP) is -1.98. The third-order valence-electron chi connectivity index (χ3n) is 0.270. The molecule has 0 radical (unpaired) electrons. The average Bonchev–Trinajstić information content (AvgIpc) is 2.23. The third-order valence-corrected chi connectivity index (χ3v) is 0.270. The smallest absolute Gasteiger partial charge is 0.161 e. The largest absolute Gasteiger partial charge is 0.274 e. The molecule has 1 rings (SSSR count). The zero-order valence-electron chi connectivity index (χ0n) is 3.57. The first-order chi connectivity index (χ1) is 3.50. The Hall–Kier alpha value is -1.01. The molecular formula is CH6N6. The number of H-pyrrole nitrogens is 1. The molecule has 0 saturated carbocycles. The maximum absolute atomic E-state index is 4.00. The van der Waals surface area contributed by atoms with Crippen LogP contribution in [-0.2, 0) is 0 Å². The van der Waals surface area contributed by atoms with Gasteiger partial charge in [0.05, 0.1) is 0 Å². The number of hydrogen-bond acceptors (Lipinski definition) is 5. The van der Waals surface area contributed by atoms with Crippen molar-refractivity contribution in [3.05, 3.63) is 6.33 Å². The fraction of sp³-hybridized carbons (Fsp3) is 0. The van der Waals surface area contributed by atoms with Gasteiger partial charge in [0.15, 0.2) is 6.33 Å². The summed E-state index contributed by atoms with van der Waals surface area (Å²) in [5.74, 6) is 8.00. The molecular weight excluding hydrogens is 96.1 g/mol. The highest BCUT2D eigenvalue weighted by molar-refractivity contribution is 4.24. The zero-order valence-corrected chi connectivity index (χ0v) is 3.57. The van der Waals surface area contributed by atoms with E-state index < -0.39 is 0 Å². The second-order valence-electron chi connectivity index (χ2n) is 0.560. The van der Waals surface area contributed by atoms with Gasteiger partial charge in [-0.05, 0) is 0 Å². The van der Waals surface area contributed by atoms with Crippen LogP contribution in [0.5, 0.6) is 0 Å². The van der Waals surface area contributed by atoms with Crippen molar-refractivity contribution in [2.75, 3.05) is 0 Å². The first kappa shape index (κ1) is 5.99. The fourth-order valence-corrected chi connectivity index (χ4v) is 0.129. The quantitative estimate of drug-likeness (QED) is 0.260. The molecule has 1 aromatic rings. The monoisotopic (exact) mass is 102 g/mol. The van der Waals surface area contributed by atoms with Crippen LogP contribution >= 0.6 is 0 Å². The normalized spacial score (nSPS) is 6.57. The number of aromatic nitrogens is 4. The summed E-state index contributed by atoms with van der Waals surface area (Å²) in [7, 11) is 0. The van der Waals surface area contributed by atoms with Gasteiger partial charge >= 0.3 is 0 Å². The number of rotatable bonds is 0. The third kappa shape index (κ3) is 2.80. The van der Waals surface area contributed by atoms with Crippen LogP contribution in [0.4, 0.5) is 0 Å². The molecule has 7 heavy (non-hydrogen) atoms. The Labute approximate surface area is 39.9 Å². The fourth-order valence-electron chi connectivity index (χ4n) is 0.129. The van der Waals surface area contributed by atoms with Gasteiger partial charge in [-0.15, -0.1) is 10.2 Å². The number of hydrogen-bond donors (Lipinski definition) is 3. The highest BCUT2D eigenvalue weighted by atomic mass is 15.5. The topological polar surface area (TPSA) is 107 Å². The van der Waals surface area contributed by atoms with Gasteiger partial charge in [-0.3, -0.25) is 11.7 Å². The molecule has 40 valence electrons. The molecule has 0 unspecified atom stereocenters. The second kappa shape index (κ2) is 4.99. The first-order valence-corrected chi connectivity index (χ1v) is 1.50. The van der Waals surface area contributed by atoms with E-state index in [0.717, 1.165) is 0 Å². The minimum Gasteiger partial charge on any atom is -0.274 e. The van der Waals surface area contributed by atoms with Gasteiger partial charge < -0.3 is 0 Å². The Morgan fingerprint density at radius 1 is 1.43 bits per heavy atom. The van der Waals surface area contributed by atoms with Crippen molar-refractivity contribution >= 4 is 0 Å². The first-order valence-electron chi connectivity index (χ1n) is 1.50. The number of nitrogens with one attached hydrogen (secondary N) is 1. The maximum atomic E-state index is 4.00. The van der Waals surface area contributed by atoms with Crippen molar-refractivity contribution < 1.29 is 0 Å². The van der Waals surface area contributed by atoms with E-state index in [-0.39, 0.29) is 0 Å². The summed E-state index contributed by atoms with van der Waals surface area (Å²) in [6, 6.07) is 0. The number of nitrogens with zero attached hydrogens (tertiary/aromatic N) is 3. The highest BCUT2D eigenvalue weighted by Gasteiger charge is 1.58. The summed E-state index contributed by atoms with van der Waals surface area (Å²) >= 11 is 0. The molecule has 0 amide bonds. The highest BCUT2D eigenvalue weighted by Crippen LogP contribution is 1.43. The minimum atomic E-state index is 1.33. The van der Waals surface area contributed by atoms with Gasteiger partial charge in [0.25, 0.3) is 0 Å². The Bertz CT molecular complexity index is 60.7. The summed E-state index contributed by atoms with van der Waals surface area (Å²) in [6.07, 6.45) is 1.33. The standard InChI is InChI=1S/CH2N4.H4N2/c1-2-4-5-3-1;1-2/h1H,(H,2,3,4,5);1-2H2. The van der Waals surface area contributed by atoms with E-state index in [9.17, 15) is 0 Å². The van der Waals surface area contributed by atoms with Gasteiger partial charge in [-0.2, -0.15) is 5.21 Å². The van der Waals surface area contributed by atoms with Crippen LogP contribution in [0.15, 0.2) is 6.33 Å². The predicted molar refractivity (Wildman–Crippen MR) is 22.6 cm³/mol. The molecule has 0 aliphatic carbocycles. The van der Waals surface area contributed by atoms with Crippen LogP contribution in [-0.4, -0.2) is 20.6 Å². The van der Waals surface area contributed by atoms with Crippen LogP contribution in [0.1, 0.15) is 0 Å². The van der Waals surface area contributed by atoms with Crippen LogP contribution in [0.25, 0.3) is 0 Å². The number of aromatic amines is 1. The van der Waals surface area contributed by atoms with Crippen molar-refractivity contribution in [3.8, 4) is 0 Å². The van der Waals surface area contributed by atoms with E-state index in [2.05, 4.69) is 32.3 Å². The molecule has 0 bridgehead atoms. The second-order valence-corrected chi connectivity index (χ2v) is 0.560. The van der Waals surface area contributed by atoms with Crippen LogP contribution in [0.3, 0.4) is 0 Å². The molecule has 0 spiro atoms. The minimum absolute atomic E-state index is 1.33. The SMILES string of the molecule is NN.c1nn[nH]n1.